The lowest BCUT2D eigenvalue weighted by molar-refractivity contribution is -0.121. The number of nitrogens with zero attached hydrogens (tertiary/aromatic N) is 3. The second-order valence-electron chi connectivity index (χ2n) is 9.30. The summed E-state index contributed by atoms with van der Waals surface area (Å²) >= 11 is 0. The van der Waals surface area contributed by atoms with E-state index < -0.39 is 17.8 Å². The summed E-state index contributed by atoms with van der Waals surface area (Å²) in [7, 11) is 0. The molecule has 0 atom stereocenters. The molecule has 2 heterocycles. The minimum atomic E-state index is -0.703. The summed E-state index contributed by atoms with van der Waals surface area (Å²) in [5, 5.41) is 0. The van der Waals surface area contributed by atoms with Crippen molar-refractivity contribution in [3.05, 3.63) is 119 Å². The van der Waals surface area contributed by atoms with Gasteiger partial charge in [0, 0.05) is 17.1 Å². The fourth-order valence-electron chi connectivity index (χ4n) is 4.91. The van der Waals surface area contributed by atoms with Crippen LogP contribution in [0.1, 0.15) is 28.1 Å². The molecule has 6 nitrogen and oxygen atoms in total. The molecule has 0 spiro atoms. The van der Waals surface area contributed by atoms with Crippen molar-refractivity contribution in [2.45, 2.75) is 27.7 Å². The maximum absolute atomic E-state index is 13.7. The third kappa shape index (κ3) is 4.27. The molecule has 0 radical (unpaired) electrons. The molecule has 184 valence electrons. The molecule has 0 unspecified atom stereocenters. The number of carbonyl (C=O) groups is 3. The number of aryl methyl sites for hydroxylation is 3. The van der Waals surface area contributed by atoms with Crippen molar-refractivity contribution < 1.29 is 14.4 Å². The lowest BCUT2D eigenvalue weighted by Crippen LogP contribution is -2.57. The van der Waals surface area contributed by atoms with E-state index in [2.05, 4.69) is 36.6 Å². The van der Waals surface area contributed by atoms with E-state index >= 15 is 0 Å². The first kappa shape index (κ1) is 24.0. The maximum Gasteiger partial charge on any atom is 0.343 e. The van der Waals surface area contributed by atoms with Crippen LogP contribution in [0.2, 0.25) is 0 Å². The first-order valence-electron chi connectivity index (χ1n) is 12.1. The summed E-state index contributed by atoms with van der Waals surface area (Å²) in [6.07, 6.45) is 1.60. The third-order valence-corrected chi connectivity index (χ3v) is 6.51. The highest BCUT2D eigenvalue weighted by Gasteiger charge is 2.43. The molecule has 4 amide bonds. The SMILES string of the molecule is Cc1cc(C)cc(-n2c(C)cc(C=C3C(=O)N(c4ccccc4)C(=O)N(c4ccccc4)C3=O)c2C)c1. The minimum absolute atomic E-state index is 0.0759. The molecular formula is C31H27N3O3. The van der Waals surface area contributed by atoms with Crippen molar-refractivity contribution in [1.29, 1.82) is 0 Å². The highest BCUT2D eigenvalue weighted by molar-refractivity contribution is 6.46. The standard InChI is InChI=1S/C31H27N3O3/c1-20-15-21(2)17-27(16-20)32-22(3)18-24(23(32)4)19-28-29(35)33(25-11-7-5-8-12-25)31(37)34(30(28)36)26-13-9-6-10-14-26/h5-19H,1-4H3. The van der Waals surface area contributed by atoms with E-state index in [0.29, 0.717) is 11.4 Å². The zero-order valence-electron chi connectivity index (χ0n) is 21.2. The highest BCUT2D eigenvalue weighted by atomic mass is 16.2. The Morgan fingerprint density at radius 2 is 1.08 bits per heavy atom. The van der Waals surface area contributed by atoms with Gasteiger partial charge in [-0.15, -0.1) is 0 Å². The lowest BCUT2D eigenvalue weighted by atomic mass is 10.0. The van der Waals surface area contributed by atoms with E-state index in [1.807, 2.05) is 19.9 Å². The topological polar surface area (TPSA) is 62.6 Å². The normalized spacial score (nSPS) is 13.9. The first-order valence-corrected chi connectivity index (χ1v) is 12.1. The van der Waals surface area contributed by atoms with Crippen LogP contribution in [0.3, 0.4) is 0 Å². The molecule has 6 heteroatoms. The molecule has 0 saturated carbocycles. The van der Waals surface area contributed by atoms with E-state index in [-0.39, 0.29) is 5.57 Å². The predicted octanol–water partition coefficient (Wildman–Crippen LogP) is 6.29. The second-order valence-corrected chi connectivity index (χ2v) is 9.30. The maximum atomic E-state index is 13.7. The lowest BCUT2D eigenvalue weighted by Gasteiger charge is -2.33. The Labute approximate surface area is 216 Å². The van der Waals surface area contributed by atoms with Crippen LogP contribution in [-0.2, 0) is 9.59 Å². The number of amides is 4. The van der Waals surface area contributed by atoms with E-state index in [4.69, 9.17) is 0 Å². The van der Waals surface area contributed by atoms with Crippen LogP contribution in [0.4, 0.5) is 16.2 Å². The van der Waals surface area contributed by atoms with E-state index in [9.17, 15) is 14.4 Å². The van der Waals surface area contributed by atoms with Crippen molar-refractivity contribution in [1.82, 2.24) is 4.57 Å². The number of carbonyl (C=O) groups excluding carboxylic acids is 3. The van der Waals surface area contributed by atoms with E-state index in [1.54, 1.807) is 66.7 Å². The minimum Gasteiger partial charge on any atom is -0.318 e. The Balaban J connectivity index is 1.66. The fourth-order valence-corrected chi connectivity index (χ4v) is 4.91. The molecule has 3 aromatic carbocycles. The fraction of sp³-hybridized carbons (Fsp3) is 0.129. The zero-order valence-corrected chi connectivity index (χ0v) is 21.2. The largest absolute Gasteiger partial charge is 0.343 e. The quantitative estimate of drug-likeness (QED) is 0.250. The van der Waals surface area contributed by atoms with Gasteiger partial charge in [0.1, 0.15) is 5.57 Å². The predicted molar refractivity (Wildman–Crippen MR) is 146 cm³/mol. The molecule has 0 N–H and O–H groups in total. The van der Waals surface area contributed by atoms with Crippen molar-refractivity contribution in [3.63, 3.8) is 0 Å². The van der Waals surface area contributed by atoms with Crippen molar-refractivity contribution in [2.75, 3.05) is 9.80 Å². The number of anilines is 2. The Morgan fingerprint density at radius 3 is 1.57 bits per heavy atom. The number of aromatic nitrogens is 1. The van der Waals surface area contributed by atoms with Gasteiger partial charge < -0.3 is 4.57 Å². The summed E-state index contributed by atoms with van der Waals surface area (Å²) in [5.74, 6) is -1.30. The van der Waals surface area contributed by atoms with Crippen molar-refractivity contribution >= 4 is 35.3 Å². The molecule has 1 aromatic heterocycles. The summed E-state index contributed by atoms with van der Waals surface area (Å²) < 4.78 is 2.11. The zero-order chi connectivity index (χ0) is 26.3. The van der Waals surface area contributed by atoms with Gasteiger partial charge in [0.15, 0.2) is 0 Å². The van der Waals surface area contributed by atoms with Crippen LogP contribution in [0.5, 0.6) is 0 Å². The number of barbiturate groups is 1. The molecule has 1 aliphatic rings. The van der Waals surface area contributed by atoms with Gasteiger partial charge in [0.05, 0.1) is 11.4 Å². The number of para-hydroxylation sites is 2. The van der Waals surface area contributed by atoms with E-state index in [0.717, 1.165) is 43.6 Å². The first-order chi connectivity index (χ1) is 17.8. The summed E-state index contributed by atoms with van der Waals surface area (Å²) in [6, 6.07) is 24.9. The number of benzene rings is 3. The van der Waals surface area contributed by atoms with Crippen molar-refractivity contribution in [2.24, 2.45) is 0 Å². The number of rotatable bonds is 4. The van der Waals surface area contributed by atoms with Gasteiger partial charge in [0.2, 0.25) is 0 Å². The van der Waals surface area contributed by atoms with Crippen LogP contribution in [0.25, 0.3) is 11.8 Å². The van der Waals surface area contributed by atoms with Gasteiger partial charge in [-0.1, -0.05) is 42.5 Å². The van der Waals surface area contributed by atoms with Gasteiger partial charge in [0.25, 0.3) is 11.8 Å². The molecule has 4 aromatic rings. The molecule has 1 saturated heterocycles. The molecule has 5 rings (SSSR count). The molecule has 0 aliphatic carbocycles. The average molecular weight is 490 g/mol. The Morgan fingerprint density at radius 1 is 0.595 bits per heavy atom. The monoisotopic (exact) mass is 489 g/mol. The molecule has 1 fully saturated rings. The Bertz CT molecular complexity index is 1480. The average Bonchev–Trinajstić information content (AvgIpc) is 3.15. The number of urea groups is 1. The highest BCUT2D eigenvalue weighted by Crippen LogP contribution is 2.31. The summed E-state index contributed by atoms with van der Waals surface area (Å²) in [5.41, 5.74) is 6.65. The van der Waals surface area contributed by atoms with Crippen LogP contribution >= 0.6 is 0 Å². The Kier molecular flexibility index (Phi) is 6.09. The van der Waals surface area contributed by atoms with Gasteiger partial charge in [-0.25, -0.2) is 14.6 Å². The number of hydrogen-bond donors (Lipinski definition) is 0. The number of imide groups is 2. The molecule has 37 heavy (non-hydrogen) atoms. The van der Waals surface area contributed by atoms with Crippen molar-refractivity contribution in [3.8, 4) is 5.69 Å². The van der Waals surface area contributed by atoms with E-state index in [1.165, 1.54) is 0 Å². The van der Waals surface area contributed by atoms with Gasteiger partial charge in [-0.05, 0) is 92.9 Å². The van der Waals surface area contributed by atoms with Gasteiger partial charge in [-0.3, -0.25) is 9.59 Å². The van der Waals surface area contributed by atoms with Gasteiger partial charge >= 0.3 is 6.03 Å². The van der Waals surface area contributed by atoms with Crippen LogP contribution in [-0.4, -0.2) is 22.4 Å². The Hall–Kier alpha value is -4.71. The van der Waals surface area contributed by atoms with Crippen LogP contribution < -0.4 is 9.80 Å². The van der Waals surface area contributed by atoms with Crippen LogP contribution in [0.15, 0.2) is 90.5 Å². The summed E-state index contributed by atoms with van der Waals surface area (Å²) in [4.78, 5) is 43.0. The molecule has 0 bridgehead atoms. The second kappa shape index (κ2) is 9.39. The smallest absolute Gasteiger partial charge is 0.318 e. The van der Waals surface area contributed by atoms with Gasteiger partial charge in [-0.2, -0.15) is 0 Å². The molecular weight excluding hydrogens is 462 g/mol. The van der Waals surface area contributed by atoms with Crippen LogP contribution in [0, 0.1) is 27.7 Å². The number of hydrogen-bond acceptors (Lipinski definition) is 3. The summed E-state index contributed by atoms with van der Waals surface area (Å²) in [6.45, 7) is 8.07. The molecule has 1 aliphatic heterocycles. The third-order valence-electron chi connectivity index (χ3n) is 6.51.